The van der Waals surface area contributed by atoms with E-state index in [9.17, 15) is 9.90 Å². The van der Waals surface area contributed by atoms with Crippen LogP contribution in [0.3, 0.4) is 0 Å². The lowest BCUT2D eigenvalue weighted by molar-refractivity contribution is 0.0792. The maximum absolute atomic E-state index is 12.1. The Morgan fingerprint density at radius 2 is 2.00 bits per heavy atom. The molecule has 0 aromatic carbocycles. The average Bonchev–Trinajstić information content (AvgIpc) is 2.42. The van der Waals surface area contributed by atoms with Crippen LogP contribution < -0.4 is 5.56 Å². The predicted octanol–water partition coefficient (Wildman–Crippen LogP) is 0.953. The maximum atomic E-state index is 12.1. The van der Waals surface area contributed by atoms with Gasteiger partial charge in [0.2, 0.25) is 0 Å². The van der Waals surface area contributed by atoms with Gasteiger partial charge in [-0.15, -0.1) is 0 Å². The lowest BCUT2D eigenvalue weighted by Crippen LogP contribution is -2.41. The Balaban J connectivity index is 1.93. The largest absolute Gasteiger partial charge is 0.390 e. The fraction of sp³-hybridized carbons (Fsp3) is 0.733. The third-order valence-electron chi connectivity index (χ3n) is 4.27. The van der Waals surface area contributed by atoms with E-state index in [0.29, 0.717) is 18.7 Å². The molecule has 5 nitrogen and oxygen atoms in total. The van der Waals surface area contributed by atoms with Gasteiger partial charge in [-0.1, -0.05) is 6.92 Å². The number of nitrogens with zero attached hydrogens (tertiary/aromatic N) is 3. The van der Waals surface area contributed by atoms with Gasteiger partial charge >= 0.3 is 0 Å². The van der Waals surface area contributed by atoms with Crippen molar-refractivity contribution >= 4 is 0 Å². The first kappa shape index (κ1) is 15.2. The van der Waals surface area contributed by atoms with Crippen molar-refractivity contribution in [1.82, 2.24) is 14.5 Å². The zero-order valence-corrected chi connectivity index (χ0v) is 12.7. The highest BCUT2D eigenvalue weighted by Gasteiger charge is 2.19. The highest BCUT2D eigenvalue weighted by atomic mass is 16.3. The maximum Gasteiger partial charge on any atom is 0.256 e. The predicted molar refractivity (Wildman–Crippen MR) is 78.8 cm³/mol. The molecular weight excluding hydrogens is 254 g/mol. The summed E-state index contributed by atoms with van der Waals surface area (Å²) in [5, 5.41) is 10.2. The number of piperidine rings is 1. The molecule has 1 aliphatic rings. The quantitative estimate of drug-likeness (QED) is 0.891. The number of likely N-dealkylation sites (tertiary alicyclic amines) is 1. The zero-order valence-electron chi connectivity index (χ0n) is 12.7. The highest BCUT2D eigenvalue weighted by molar-refractivity contribution is 5.12. The Kier molecular flexibility index (Phi) is 4.94. The molecule has 0 aliphatic carbocycles. The van der Waals surface area contributed by atoms with Gasteiger partial charge in [-0.25, -0.2) is 4.98 Å². The Morgan fingerprint density at radius 3 is 2.65 bits per heavy atom. The second-order valence-corrected chi connectivity index (χ2v) is 6.05. The summed E-state index contributed by atoms with van der Waals surface area (Å²) < 4.78 is 1.51. The van der Waals surface area contributed by atoms with E-state index in [1.807, 2.05) is 6.92 Å². The molecule has 1 aromatic heterocycles. The van der Waals surface area contributed by atoms with E-state index < -0.39 is 6.10 Å². The minimum atomic E-state index is -0.523. The van der Waals surface area contributed by atoms with E-state index in [0.717, 1.165) is 24.7 Å². The van der Waals surface area contributed by atoms with Gasteiger partial charge in [0.25, 0.3) is 5.56 Å². The number of aliphatic hydroxyl groups excluding tert-OH is 1. The molecule has 2 heterocycles. The van der Waals surface area contributed by atoms with E-state index in [2.05, 4.69) is 16.8 Å². The van der Waals surface area contributed by atoms with Crippen molar-refractivity contribution in [2.24, 2.45) is 5.92 Å². The molecule has 0 bridgehead atoms. The van der Waals surface area contributed by atoms with Gasteiger partial charge in [0.15, 0.2) is 0 Å². The van der Waals surface area contributed by atoms with Crippen LogP contribution in [0.1, 0.15) is 31.0 Å². The first-order valence-electron chi connectivity index (χ1n) is 7.40. The van der Waals surface area contributed by atoms with Crippen LogP contribution in [0.2, 0.25) is 0 Å². The molecule has 1 aromatic rings. The summed E-state index contributed by atoms with van der Waals surface area (Å²) in [4.78, 5) is 18.5. The molecule has 1 N–H and O–H groups in total. The molecule has 1 aliphatic heterocycles. The van der Waals surface area contributed by atoms with Crippen molar-refractivity contribution in [1.29, 1.82) is 0 Å². The summed E-state index contributed by atoms with van der Waals surface area (Å²) in [6.07, 6.45) is 3.40. The molecule has 1 unspecified atom stereocenters. The smallest absolute Gasteiger partial charge is 0.256 e. The van der Waals surface area contributed by atoms with E-state index in [4.69, 9.17) is 0 Å². The molecule has 1 fully saturated rings. The van der Waals surface area contributed by atoms with Gasteiger partial charge < -0.3 is 10.0 Å². The van der Waals surface area contributed by atoms with Crippen LogP contribution in [0.4, 0.5) is 0 Å². The molecule has 0 spiro atoms. The van der Waals surface area contributed by atoms with Crippen LogP contribution in [-0.4, -0.2) is 45.3 Å². The molecule has 0 amide bonds. The molecular formula is C15H25N3O2. The number of aromatic nitrogens is 2. The number of hydrogen-bond acceptors (Lipinski definition) is 4. The Hall–Kier alpha value is -1.20. The first-order chi connectivity index (χ1) is 9.47. The zero-order chi connectivity index (χ0) is 14.7. The average molecular weight is 279 g/mol. The normalized spacial score (nSPS) is 19.2. The molecule has 20 heavy (non-hydrogen) atoms. The van der Waals surface area contributed by atoms with Gasteiger partial charge in [0, 0.05) is 17.8 Å². The minimum absolute atomic E-state index is 0.0520. The first-order valence-corrected chi connectivity index (χ1v) is 7.40. The number of aliphatic hydroxyl groups is 1. The van der Waals surface area contributed by atoms with E-state index in [-0.39, 0.29) is 5.56 Å². The molecule has 2 rings (SSSR count). The van der Waals surface area contributed by atoms with Crippen LogP contribution in [0.25, 0.3) is 0 Å². The van der Waals surface area contributed by atoms with E-state index >= 15 is 0 Å². The summed E-state index contributed by atoms with van der Waals surface area (Å²) in [7, 11) is 0. The second kappa shape index (κ2) is 6.50. The van der Waals surface area contributed by atoms with Gasteiger partial charge in [0.05, 0.1) is 19.0 Å². The van der Waals surface area contributed by atoms with Crippen LogP contribution in [-0.2, 0) is 6.54 Å². The SMILES string of the molecule is Cc1ncn(CC(O)CN2CCC(C)CC2)c(=O)c1C. The number of β-amino-alcohol motifs (C(OH)–C–C–N with tert-alkyl or cyclic N) is 1. The van der Waals surface area contributed by atoms with Crippen molar-refractivity contribution in [3.8, 4) is 0 Å². The van der Waals surface area contributed by atoms with Gasteiger partial charge in [-0.2, -0.15) is 0 Å². The summed E-state index contributed by atoms with van der Waals surface area (Å²) >= 11 is 0. The standard InChI is InChI=1S/C15H25N3O2/c1-11-4-6-17(7-5-11)8-14(19)9-18-10-16-13(3)12(2)15(18)20/h10-11,14,19H,4-9H2,1-3H3. The second-order valence-electron chi connectivity index (χ2n) is 6.05. The molecule has 0 radical (unpaired) electrons. The third kappa shape index (κ3) is 3.67. The molecule has 0 saturated carbocycles. The van der Waals surface area contributed by atoms with Crippen LogP contribution in [0.5, 0.6) is 0 Å². The van der Waals surface area contributed by atoms with Crippen molar-refractivity contribution in [3.63, 3.8) is 0 Å². The van der Waals surface area contributed by atoms with Gasteiger partial charge in [-0.3, -0.25) is 9.36 Å². The topological polar surface area (TPSA) is 58.4 Å². The summed E-state index contributed by atoms with van der Waals surface area (Å²) in [5.41, 5.74) is 1.36. The number of hydrogen-bond donors (Lipinski definition) is 1. The van der Waals surface area contributed by atoms with Crippen molar-refractivity contribution in [3.05, 3.63) is 27.9 Å². The Labute approximate surface area is 120 Å². The summed E-state index contributed by atoms with van der Waals surface area (Å²) in [6.45, 7) is 8.90. The highest BCUT2D eigenvalue weighted by Crippen LogP contribution is 2.16. The Bertz CT molecular complexity index is 504. The van der Waals surface area contributed by atoms with Gasteiger partial charge in [0.1, 0.15) is 0 Å². The summed E-state index contributed by atoms with van der Waals surface area (Å²) in [6, 6.07) is 0. The van der Waals surface area contributed by atoms with Crippen molar-refractivity contribution < 1.29 is 5.11 Å². The van der Waals surface area contributed by atoms with Crippen LogP contribution in [0, 0.1) is 19.8 Å². The van der Waals surface area contributed by atoms with Crippen molar-refractivity contribution in [2.75, 3.05) is 19.6 Å². The lowest BCUT2D eigenvalue weighted by Gasteiger charge is -2.31. The van der Waals surface area contributed by atoms with Crippen LogP contribution in [0.15, 0.2) is 11.1 Å². The van der Waals surface area contributed by atoms with Crippen molar-refractivity contribution in [2.45, 2.75) is 46.3 Å². The minimum Gasteiger partial charge on any atom is -0.390 e. The third-order valence-corrected chi connectivity index (χ3v) is 4.27. The molecule has 1 saturated heterocycles. The molecule has 5 heteroatoms. The number of rotatable bonds is 4. The summed E-state index contributed by atoms with van der Waals surface area (Å²) in [5.74, 6) is 0.787. The lowest BCUT2D eigenvalue weighted by atomic mass is 9.99. The molecule has 112 valence electrons. The number of aryl methyl sites for hydroxylation is 1. The van der Waals surface area contributed by atoms with E-state index in [1.165, 1.54) is 23.7 Å². The monoisotopic (exact) mass is 279 g/mol. The van der Waals surface area contributed by atoms with E-state index in [1.54, 1.807) is 6.92 Å². The fourth-order valence-corrected chi connectivity index (χ4v) is 2.63. The fourth-order valence-electron chi connectivity index (χ4n) is 2.63. The van der Waals surface area contributed by atoms with Crippen LogP contribution >= 0.6 is 0 Å². The Morgan fingerprint density at radius 1 is 1.35 bits per heavy atom. The van der Waals surface area contributed by atoms with Gasteiger partial charge in [-0.05, 0) is 45.7 Å². The molecule has 1 atom stereocenters.